The summed E-state index contributed by atoms with van der Waals surface area (Å²) in [5, 5.41) is 18.8. The van der Waals surface area contributed by atoms with Crippen LogP contribution >= 0.6 is 0 Å². The number of carboxylic acid groups (broad SMARTS) is 2. The predicted octanol–water partition coefficient (Wildman–Crippen LogP) is 2.89. The molecule has 4 nitrogen and oxygen atoms in total. The average molecular weight is 274 g/mol. The van der Waals surface area contributed by atoms with E-state index in [1.165, 1.54) is 0 Å². The zero-order chi connectivity index (χ0) is 14.5. The van der Waals surface area contributed by atoms with Gasteiger partial charge in [-0.15, -0.1) is 0 Å². The third kappa shape index (κ3) is 3.26. The molecule has 0 radical (unpaired) electrons. The lowest BCUT2D eigenvalue weighted by molar-refractivity contribution is -0.136. The van der Waals surface area contributed by atoms with Gasteiger partial charge in [-0.25, -0.2) is 9.59 Å². The van der Waals surface area contributed by atoms with E-state index in [2.05, 4.69) is 0 Å². The normalized spacial score (nSPS) is 16.8. The van der Waals surface area contributed by atoms with Gasteiger partial charge >= 0.3 is 11.9 Å². The molecule has 106 valence electrons. The minimum Gasteiger partial charge on any atom is -0.478 e. The number of carbonyl (C=O) groups is 2. The van der Waals surface area contributed by atoms with Crippen LogP contribution in [0.25, 0.3) is 0 Å². The Labute approximate surface area is 117 Å². The van der Waals surface area contributed by atoms with E-state index >= 15 is 0 Å². The molecule has 0 saturated heterocycles. The van der Waals surface area contributed by atoms with Crippen LogP contribution in [0.4, 0.5) is 0 Å². The van der Waals surface area contributed by atoms with Gasteiger partial charge < -0.3 is 10.2 Å². The van der Waals surface area contributed by atoms with Crippen molar-refractivity contribution in [1.29, 1.82) is 0 Å². The molecule has 0 amide bonds. The molecule has 0 heterocycles. The molecule has 1 aromatic carbocycles. The molecule has 0 bridgehead atoms. The minimum atomic E-state index is -1.13. The van der Waals surface area contributed by atoms with Gasteiger partial charge in [0.2, 0.25) is 0 Å². The SMILES string of the molecule is O=C(O)/C(Cc1ccccc1)=C(\C(=O)O)C1CCCC1. The Morgan fingerprint density at radius 3 is 2.10 bits per heavy atom. The van der Waals surface area contributed by atoms with Gasteiger partial charge in [-0.3, -0.25) is 0 Å². The molecule has 1 saturated carbocycles. The predicted molar refractivity (Wildman–Crippen MR) is 74.4 cm³/mol. The third-order valence-corrected chi connectivity index (χ3v) is 3.80. The summed E-state index contributed by atoms with van der Waals surface area (Å²) in [7, 11) is 0. The first kappa shape index (κ1) is 14.3. The summed E-state index contributed by atoms with van der Waals surface area (Å²) in [5.41, 5.74) is 0.941. The van der Waals surface area contributed by atoms with Crippen LogP contribution in [-0.4, -0.2) is 22.2 Å². The summed E-state index contributed by atoms with van der Waals surface area (Å²) >= 11 is 0. The molecule has 1 aliphatic carbocycles. The summed E-state index contributed by atoms with van der Waals surface area (Å²) < 4.78 is 0. The van der Waals surface area contributed by atoms with Crippen LogP contribution in [0.5, 0.6) is 0 Å². The summed E-state index contributed by atoms with van der Waals surface area (Å²) in [6, 6.07) is 9.13. The highest BCUT2D eigenvalue weighted by Gasteiger charge is 2.29. The molecular formula is C16H18O4. The smallest absolute Gasteiger partial charge is 0.332 e. The lowest BCUT2D eigenvalue weighted by Gasteiger charge is -2.14. The lowest BCUT2D eigenvalue weighted by Crippen LogP contribution is -2.18. The van der Waals surface area contributed by atoms with Crippen LogP contribution in [0.3, 0.4) is 0 Å². The molecule has 0 spiro atoms. The van der Waals surface area contributed by atoms with Crippen molar-refractivity contribution in [3.63, 3.8) is 0 Å². The van der Waals surface area contributed by atoms with E-state index in [0.29, 0.717) is 0 Å². The lowest BCUT2D eigenvalue weighted by atomic mass is 9.89. The van der Waals surface area contributed by atoms with E-state index in [-0.39, 0.29) is 23.5 Å². The number of benzene rings is 1. The van der Waals surface area contributed by atoms with Gasteiger partial charge in [0.1, 0.15) is 0 Å². The second kappa shape index (κ2) is 6.37. The van der Waals surface area contributed by atoms with Crippen molar-refractivity contribution in [3.05, 3.63) is 47.0 Å². The second-order valence-electron chi connectivity index (χ2n) is 5.15. The van der Waals surface area contributed by atoms with Gasteiger partial charge in [-0.2, -0.15) is 0 Å². The van der Waals surface area contributed by atoms with Crippen molar-refractivity contribution in [2.45, 2.75) is 32.1 Å². The Hall–Kier alpha value is -2.10. The third-order valence-electron chi connectivity index (χ3n) is 3.80. The Bertz CT molecular complexity index is 525. The van der Waals surface area contributed by atoms with Gasteiger partial charge in [0.15, 0.2) is 0 Å². The number of hydrogen-bond acceptors (Lipinski definition) is 2. The number of hydrogen-bond donors (Lipinski definition) is 2. The largest absolute Gasteiger partial charge is 0.478 e. The fourth-order valence-electron chi connectivity index (χ4n) is 2.85. The van der Waals surface area contributed by atoms with E-state index in [9.17, 15) is 19.8 Å². The van der Waals surface area contributed by atoms with Gasteiger partial charge in [0.25, 0.3) is 0 Å². The minimum absolute atomic E-state index is 0.0237. The van der Waals surface area contributed by atoms with Crippen molar-refractivity contribution in [3.8, 4) is 0 Å². The van der Waals surface area contributed by atoms with Gasteiger partial charge in [-0.1, -0.05) is 43.2 Å². The molecule has 4 heteroatoms. The fraction of sp³-hybridized carbons (Fsp3) is 0.375. The number of aliphatic carboxylic acids is 2. The first-order valence-electron chi connectivity index (χ1n) is 6.83. The van der Waals surface area contributed by atoms with E-state index in [0.717, 1.165) is 31.2 Å². The standard InChI is InChI=1S/C16H18O4/c17-15(18)13(10-11-6-2-1-3-7-11)14(16(19)20)12-8-4-5-9-12/h1-3,6-7,12H,4-5,8-10H2,(H,17,18)(H,19,20)/b14-13-. The average Bonchev–Trinajstić information content (AvgIpc) is 2.92. The van der Waals surface area contributed by atoms with Crippen molar-refractivity contribution >= 4 is 11.9 Å². The Balaban J connectivity index is 2.38. The van der Waals surface area contributed by atoms with Crippen LogP contribution in [-0.2, 0) is 16.0 Å². The first-order valence-corrected chi connectivity index (χ1v) is 6.83. The maximum Gasteiger partial charge on any atom is 0.332 e. The number of carboxylic acids is 2. The van der Waals surface area contributed by atoms with Crippen LogP contribution in [0.1, 0.15) is 31.2 Å². The first-order chi connectivity index (χ1) is 9.59. The van der Waals surface area contributed by atoms with Crippen LogP contribution in [0.15, 0.2) is 41.5 Å². The molecule has 0 unspecified atom stereocenters. The van der Waals surface area contributed by atoms with Crippen LogP contribution in [0.2, 0.25) is 0 Å². The summed E-state index contributed by atoms with van der Waals surface area (Å²) in [6.45, 7) is 0. The molecule has 0 aliphatic heterocycles. The van der Waals surface area contributed by atoms with Gasteiger partial charge in [0, 0.05) is 6.42 Å². The Kier molecular flexibility index (Phi) is 4.56. The molecule has 0 aromatic heterocycles. The maximum absolute atomic E-state index is 11.5. The molecule has 1 aliphatic rings. The van der Waals surface area contributed by atoms with Crippen molar-refractivity contribution in [2.75, 3.05) is 0 Å². The monoisotopic (exact) mass is 274 g/mol. The highest BCUT2D eigenvalue weighted by atomic mass is 16.4. The fourth-order valence-corrected chi connectivity index (χ4v) is 2.85. The van der Waals surface area contributed by atoms with Crippen LogP contribution < -0.4 is 0 Å². The molecular weight excluding hydrogens is 256 g/mol. The summed E-state index contributed by atoms with van der Waals surface area (Å²) in [6.07, 6.45) is 3.65. The van der Waals surface area contributed by atoms with Gasteiger partial charge in [0.05, 0.1) is 11.1 Å². The molecule has 1 fully saturated rings. The second-order valence-corrected chi connectivity index (χ2v) is 5.15. The molecule has 1 aromatic rings. The zero-order valence-corrected chi connectivity index (χ0v) is 11.2. The van der Waals surface area contributed by atoms with Crippen molar-refractivity contribution in [1.82, 2.24) is 0 Å². The quantitative estimate of drug-likeness (QED) is 0.810. The highest BCUT2D eigenvalue weighted by Crippen LogP contribution is 2.33. The van der Waals surface area contributed by atoms with Crippen molar-refractivity contribution in [2.24, 2.45) is 5.92 Å². The molecule has 20 heavy (non-hydrogen) atoms. The Morgan fingerprint density at radius 2 is 1.60 bits per heavy atom. The van der Waals surface area contributed by atoms with Gasteiger partial charge in [-0.05, 0) is 24.3 Å². The molecule has 0 atom stereocenters. The topological polar surface area (TPSA) is 74.6 Å². The zero-order valence-electron chi connectivity index (χ0n) is 11.2. The number of rotatable bonds is 5. The summed E-state index contributed by atoms with van der Waals surface area (Å²) in [5.74, 6) is -2.34. The highest BCUT2D eigenvalue weighted by molar-refractivity contribution is 5.99. The van der Waals surface area contributed by atoms with Crippen molar-refractivity contribution < 1.29 is 19.8 Å². The van der Waals surface area contributed by atoms with E-state index in [1.54, 1.807) is 0 Å². The van der Waals surface area contributed by atoms with Crippen LogP contribution in [0, 0.1) is 5.92 Å². The Morgan fingerprint density at radius 1 is 1.00 bits per heavy atom. The summed E-state index contributed by atoms with van der Waals surface area (Å²) in [4.78, 5) is 23.0. The van der Waals surface area contributed by atoms with E-state index in [4.69, 9.17) is 0 Å². The van der Waals surface area contributed by atoms with E-state index < -0.39 is 11.9 Å². The molecule has 2 rings (SSSR count). The maximum atomic E-state index is 11.5. The molecule has 2 N–H and O–H groups in total. The van der Waals surface area contributed by atoms with E-state index in [1.807, 2.05) is 30.3 Å².